The van der Waals surface area contributed by atoms with Crippen LogP contribution in [0.5, 0.6) is 11.5 Å². The lowest BCUT2D eigenvalue weighted by atomic mass is 9.78. The summed E-state index contributed by atoms with van der Waals surface area (Å²) in [6, 6.07) is 4.54. The maximum Gasteiger partial charge on any atom is 0.351 e. The van der Waals surface area contributed by atoms with E-state index in [1.165, 1.54) is 19.2 Å². The summed E-state index contributed by atoms with van der Waals surface area (Å²) in [7, 11) is 1.40. The second kappa shape index (κ2) is 8.62. The first-order chi connectivity index (χ1) is 15.8. The van der Waals surface area contributed by atoms with E-state index in [2.05, 4.69) is 0 Å². The van der Waals surface area contributed by atoms with Crippen LogP contribution in [-0.2, 0) is 9.53 Å². The monoisotopic (exact) mass is 452 g/mol. The summed E-state index contributed by atoms with van der Waals surface area (Å²) < 4.78 is 22.2. The SMILES string of the molecule is CCOC(=O)/C(C#N)=C(\N)c1cc2c(OC)c3c(cc2oc1=O)OC1(CCCCC1)CC3=O. The van der Waals surface area contributed by atoms with Crippen molar-refractivity contribution in [1.82, 2.24) is 0 Å². The van der Waals surface area contributed by atoms with Gasteiger partial charge in [0.2, 0.25) is 0 Å². The minimum Gasteiger partial charge on any atom is -0.495 e. The van der Waals surface area contributed by atoms with Crippen molar-refractivity contribution in [3.8, 4) is 17.6 Å². The van der Waals surface area contributed by atoms with Gasteiger partial charge in [-0.2, -0.15) is 5.26 Å². The van der Waals surface area contributed by atoms with Gasteiger partial charge in [0.05, 0.1) is 36.8 Å². The standard InChI is InChI=1S/C24H24N2O7/c1-3-31-22(28)15(12-25)20(26)14-9-13-17(32-23(14)29)10-18-19(21(13)30-2)16(27)11-24(33-18)7-5-4-6-8-24/h9-10H,3-8,11,26H2,1-2H3/b20-15-. The molecule has 0 bridgehead atoms. The first kappa shape index (κ1) is 22.4. The number of ether oxygens (including phenoxy) is 3. The predicted molar refractivity (Wildman–Crippen MR) is 118 cm³/mol. The maximum atomic E-state index is 13.2. The number of methoxy groups -OCH3 is 1. The van der Waals surface area contributed by atoms with Crippen molar-refractivity contribution in [2.75, 3.05) is 13.7 Å². The Labute approximate surface area is 189 Å². The third-order valence-electron chi connectivity index (χ3n) is 6.16. The molecule has 2 heterocycles. The molecule has 0 amide bonds. The molecule has 172 valence electrons. The number of hydrogen-bond donors (Lipinski definition) is 1. The molecular formula is C24H24N2O7. The number of hydrogen-bond acceptors (Lipinski definition) is 9. The van der Waals surface area contributed by atoms with Gasteiger partial charge in [0.25, 0.3) is 0 Å². The number of carbonyl (C=O) groups excluding carboxylic acids is 2. The summed E-state index contributed by atoms with van der Waals surface area (Å²) in [5.74, 6) is -0.556. The molecule has 0 unspecified atom stereocenters. The zero-order valence-electron chi connectivity index (χ0n) is 18.5. The van der Waals surface area contributed by atoms with Gasteiger partial charge in [0.1, 0.15) is 34.3 Å². The van der Waals surface area contributed by atoms with Gasteiger partial charge in [-0.25, -0.2) is 9.59 Å². The number of nitrogens with zero attached hydrogens (tertiary/aromatic N) is 1. The highest BCUT2D eigenvalue weighted by molar-refractivity contribution is 6.08. The van der Waals surface area contributed by atoms with E-state index < -0.39 is 22.8 Å². The molecule has 1 spiro atoms. The molecule has 9 heteroatoms. The molecule has 33 heavy (non-hydrogen) atoms. The van der Waals surface area contributed by atoms with Crippen molar-refractivity contribution < 1.29 is 28.2 Å². The zero-order valence-corrected chi connectivity index (χ0v) is 18.5. The van der Waals surface area contributed by atoms with Crippen LogP contribution in [0.3, 0.4) is 0 Å². The highest BCUT2D eigenvalue weighted by Gasteiger charge is 2.43. The van der Waals surface area contributed by atoms with Gasteiger partial charge >= 0.3 is 11.6 Å². The second-order valence-electron chi connectivity index (χ2n) is 8.21. The van der Waals surface area contributed by atoms with E-state index in [1.54, 1.807) is 13.0 Å². The van der Waals surface area contributed by atoms with E-state index >= 15 is 0 Å². The third-order valence-corrected chi connectivity index (χ3v) is 6.16. The first-order valence-electron chi connectivity index (χ1n) is 10.8. The van der Waals surface area contributed by atoms with Crippen molar-refractivity contribution >= 4 is 28.4 Å². The van der Waals surface area contributed by atoms with Crippen molar-refractivity contribution in [1.29, 1.82) is 5.26 Å². The van der Waals surface area contributed by atoms with Gasteiger partial charge in [-0.05, 0) is 38.7 Å². The number of rotatable bonds is 4. The van der Waals surface area contributed by atoms with Gasteiger partial charge in [-0.1, -0.05) is 6.42 Å². The van der Waals surface area contributed by atoms with Gasteiger partial charge in [0, 0.05) is 6.07 Å². The lowest BCUT2D eigenvalue weighted by molar-refractivity contribution is -0.137. The molecule has 9 nitrogen and oxygen atoms in total. The largest absolute Gasteiger partial charge is 0.495 e. The average molecular weight is 452 g/mol. The van der Waals surface area contributed by atoms with E-state index in [0.717, 1.165) is 32.1 Å². The molecule has 1 aromatic carbocycles. The molecule has 0 saturated heterocycles. The lowest BCUT2D eigenvalue weighted by Crippen LogP contribution is -2.43. The average Bonchev–Trinajstić information content (AvgIpc) is 2.78. The Balaban J connectivity index is 1.90. The zero-order chi connectivity index (χ0) is 23.8. The molecule has 0 radical (unpaired) electrons. The Hall–Kier alpha value is -3.80. The number of fused-ring (bicyclic) bond motifs is 2. The molecule has 1 aliphatic carbocycles. The molecule has 1 aromatic heterocycles. The Morgan fingerprint density at radius 3 is 2.61 bits per heavy atom. The molecule has 1 saturated carbocycles. The van der Waals surface area contributed by atoms with E-state index in [-0.39, 0.29) is 47.0 Å². The molecular weight excluding hydrogens is 428 g/mol. The van der Waals surface area contributed by atoms with Crippen LogP contribution in [-0.4, -0.2) is 31.1 Å². The molecule has 4 rings (SSSR count). The first-order valence-corrected chi connectivity index (χ1v) is 10.8. The summed E-state index contributed by atoms with van der Waals surface area (Å²) in [5.41, 5.74) is 3.90. The van der Waals surface area contributed by atoms with E-state index in [9.17, 15) is 19.6 Å². The van der Waals surface area contributed by atoms with E-state index in [1.807, 2.05) is 0 Å². The van der Waals surface area contributed by atoms with Crippen molar-refractivity contribution in [2.24, 2.45) is 5.73 Å². The van der Waals surface area contributed by atoms with Crippen LogP contribution in [0.15, 0.2) is 26.9 Å². The fourth-order valence-corrected chi connectivity index (χ4v) is 4.63. The fraction of sp³-hybridized carbons (Fsp3) is 0.417. The number of nitrogens with two attached hydrogens (primary N) is 1. The van der Waals surface area contributed by atoms with Crippen molar-refractivity contribution in [3.63, 3.8) is 0 Å². The lowest BCUT2D eigenvalue weighted by Gasteiger charge is -2.41. The highest BCUT2D eigenvalue weighted by atomic mass is 16.5. The summed E-state index contributed by atoms with van der Waals surface area (Å²) >= 11 is 0. The Kier molecular flexibility index (Phi) is 5.85. The van der Waals surface area contributed by atoms with Crippen LogP contribution in [0.1, 0.15) is 61.4 Å². The molecule has 2 aromatic rings. The van der Waals surface area contributed by atoms with Gasteiger partial charge < -0.3 is 24.4 Å². The van der Waals surface area contributed by atoms with E-state index in [0.29, 0.717) is 11.1 Å². The fourth-order valence-electron chi connectivity index (χ4n) is 4.63. The van der Waals surface area contributed by atoms with Gasteiger partial charge in [-0.15, -0.1) is 0 Å². The summed E-state index contributed by atoms with van der Waals surface area (Å²) in [6.45, 7) is 1.62. The van der Waals surface area contributed by atoms with Crippen LogP contribution in [0, 0.1) is 11.3 Å². The van der Waals surface area contributed by atoms with Crippen LogP contribution in [0.2, 0.25) is 0 Å². The maximum absolute atomic E-state index is 13.2. The topological polar surface area (TPSA) is 142 Å². The molecule has 1 aliphatic heterocycles. The predicted octanol–water partition coefficient (Wildman–Crippen LogP) is 3.23. The Bertz CT molecular complexity index is 1280. The quantitative estimate of drug-likeness (QED) is 0.320. The second-order valence-corrected chi connectivity index (χ2v) is 8.21. The number of nitriles is 1. The molecule has 0 atom stereocenters. The summed E-state index contributed by atoms with van der Waals surface area (Å²) in [4.78, 5) is 38.0. The number of benzene rings is 1. The van der Waals surface area contributed by atoms with Crippen molar-refractivity contribution in [2.45, 2.75) is 51.0 Å². The van der Waals surface area contributed by atoms with Crippen LogP contribution in [0.4, 0.5) is 0 Å². The number of Topliss-reactive ketones (excluding diaryl/α,β-unsaturated/α-hetero) is 1. The number of ketones is 1. The third kappa shape index (κ3) is 3.82. The minimum atomic E-state index is -0.948. The minimum absolute atomic E-state index is 0.0349. The van der Waals surface area contributed by atoms with Gasteiger partial charge in [-0.3, -0.25) is 4.79 Å². The van der Waals surface area contributed by atoms with Crippen LogP contribution >= 0.6 is 0 Å². The van der Waals surface area contributed by atoms with Crippen molar-refractivity contribution in [3.05, 3.63) is 39.3 Å². The Morgan fingerprint density at radius 2 is 1.97 bits per heavy atom. The number of carbonyl (C=O) groups is 2. The molecule has 2 N–H and O–H groups in total. The molecule has 1 fully saturated rings. The van der Waals surface area contributed by atoms with Crippen LogP contribution < -0.4 is 20.8 Å². The normalized spacial score (nSPS) is 17.5. The smallest absolute Gasteiger partial charge is 0.351 e. The summed E-state index contributed by atoms with van der Waals surface area (Å²) in [6.07, 6.45) is 4.89. The Morgan fingerprint density at radius 1 is 1.24 bits per heavy atom. The van der Waals surface area contributed by atoms with Crippen LogP contribution in [0.25, 0.3) is 16.7 Å². The van der Waals surface area contributed by atoms with Gasteiger partial charge in [0.15, 0.2) is 11.4 Å². The molecule has 2 aliphatic rings. The van der Waals surface area contributed by atoms with E-state index in [4.69, 9.17) is 24.4 Å². The summed E-state index contributed by atoms with van der Waals surface area (Å²) in [5, 5.41) is 9.66. The number of esters is 1. The highest BCUT2D eigenvalue weighted by Crippen LogP contribution is 2.47.